The Labute approximate surface area is 116 Å². The van der Waals surface area contributed by atoms with Crippen molar-refractivity contribution in [1.29, 1.82) is 0 Å². The molecule has 1 aromatic carbocycles. The topological polar surface area (TPSA) is 17.1 Å². The van der Waals surface area contributed by atoms with Crippen LogP contribution in [0.25, 0.3) is 0 Å². The van der Waals surface area contributed by atoms with Crippen LogP contribution in [0.2, 0.25) is 0 Å². The van der Waals surface area contributed by atoms with Crippen LogP contribution in [0, 0.1) is 5.92 Å². The van der Waals surface area contributed by atoms with Gasteiger partial charge in [0.25, 0.3) is 0 Å². The lowest BCUT2D eigenvalue weighted by Gasteiger charge is -2.13. The van der Waals surface area contributed by atoms with E-state index in [1.54, 1.807) is 0 Å². The van der Waals surface area contributed by atoms with Gasteiger partial charge in [-0.2, -0.15) is 0 Å². The molecule has 0 unspecified atom stereocenters. The van der Waals surface area contributed by atoms with Crippen molar-refractivity contribution in [3.8, 4) is 0 Å². The van der Waals surface area contributed by atoms with Crippen molar-refractivity contribution in [2.45, 2.75) is 64.2 Å². The van der Waals surface area contributed by atoms with Crippen molar-refractivity contribution < 1.29 is 4.79 Å². The predicted molar refractivity (Wildman–Crippen MR) is 78.4 cm³/mol. The molecule has 0 amide bonds. The van der Waals surface area contributed by atoms with E-state index >= 15 is 0 Å². The Balaban J connectivity index is 1.65. The average Bonchev–Trinajstić information content (AvgIpc) is 2.71. The van der Waals surface area contributed by atoms with E-state index in [0.29, 0.717) is 18.1 Å². The molecule has 3 rings (SSSR count). The van der Waals surface area contributed by atoms with Crippen LogP contribution in [-0.2, 0) is 24.1 Å². The summed E-state index contributed by atoms with van der Waals surface area (Å²) in [5, 5.41) is 0. The van der Waals surface area contributed by atoms with Gasteiger partial charge in [0.1, 0.15) is 5.78 Å². The van der Waals surface area contributed by atoms with Crippen LogP contribution in [-0.4, -0.2) is 5.78 Å². The Hall–Kier alpha value is -1.11. The van der Waals surface area contributed by atoms with E-state index in [-0.39, 0.29) is 0 Å². The second-order valence-corrected chi connectivity index (χ2v) is 6.29. The predicted octanol–water partition coefficient (Wildman–Crippen LogP) is 4.26. The average molecular weight is 256 g/mol. The zero-order chi connectivity index (χ0) is 13.1. The molecule has 0 spiro atoms. The van der Waals surface area contributed by atoms with Crippen LogP contribution in [0.5, 0.6) is 0 Å². The molecule has 0 aliphatic heterocycles. The lowest BCUT2D eigenvalue weighted by atomic mass is 9.91. The van der Waals surface area contributed by atoms with Gasteiger partial charge in [-0.15, -0.1) is 0 Å². The lowest BCUT2D eigenvalue weighted by molar-refractivity contribution is -0.122. The molecule has 19 heavy (non-hydrogen) atoms. The Bertz CT molecular complexity index is 453. The molecule has 1 heteroatoms. The van der Waals surface area contributed by atoms with Crippen molar-refractivity contribution in [3.05, 3.63) is 34.9 Å². The highest BCUT2D eigenvalue weighted by atomic mass is 16.1. The van der Waals surface area contributed by atoms with Gasteiger partial charge in [0.15, 0.2) is 0 Å². The summed E-state index contributed by atoms with van der Waals surface area (Å²) in [5.41, 5.74) is 4.24. The van der Waals surface area contributed by atoms with Crippen molar-refractivity contribution in [2.75, 3.05) is 0 Å². The fourth-order valence-electron chi connectivity index (χ4n) is 3.68. The quantitative estimate of drug-likeness (QED) is 0.739. The first-order valence-electron chi connectivity index (χ1n) is 7.96. The fraction of sp³-hybridized carbons (Fsp3) is 0.611. The van der Waals surface area contributed by atoms with Crippen LogP contribution in [0.4, 0.5) is 0 Å². The maximum atomic E-state index is 12.4. The molecule has 0 radical (unpaired) electrons. The summed E-state index contributed by atoms with van der Waals surface area (Å²) in [5.74, 6) is 0.829. The van der Waals surface area contributed by atoms with Gasteiger partial charge in [-0.3, -0.25) is 4.79 Å². The largest absolute Gasteiger partial charge is 0.299 e. The third kappa shape index (κ3) is 3.08. The smallest absolute Gasteiger partial charge is 0.140 e. The number of hydrogen-bond donors (Lipinski definition) is 0. The molecule has 2 aliphatic carbocycles. The fourth-order valence-corrected chi connectivity index (χ4v) is 3.68. The molecule has 0 aromatic heterocycles. The minimum atomic E-state index is 0.343. The van der Waals surface area contributed by atoms with E-state index in [0.717, 1.165) is 12.8 Å². The highest BCUT2D eigenvalue weighted by Gasteiger charge is 2.20. The molecular formula is C18H24O. The minimum absolute atomic E-state index is 0.343. The van der Waals surface area contributed by atoms with E-state index in [9.17, 15) is 4.79 Å². The number of aryl methyl sites for hydroxylation is 2. The van der Waals surface area contributed by atoms with E-state index in [1.807, 2.05) is 0 Å². The first-order valence-corrected chi connectivity index (χ1v) is 7.96. The van der Waals surface area contributed by atoms with Gasteiger partial charge in [0, 0.05) is 12.3 Å². The first-order chi connectivity index (χ1) is 9.33. The highest BCUT2D eigenvalue weighted by molar-refractivity contribution is 5.83. The Morgan fingerprint density at radius 3 is 2.47 bits per heavy atom. The number of hydrogen-bond acceptors (Lipinski definition) is 1. The van der Waals surface area contributed by atoms with Crippen LogP contribution in [0.3, 0.4) is 0 Å². The molecule has 1 saturated carbocycles. The number of carbonyl (C=O) groups is 1. The third-order valence-corrected chi connectivity index (χ3v) is 4.85. The molecule has 2 aliphatic rings. The summed E-state index contributed by atoms with van der Waals surface area (Å²) in [6.45, 7) is 0. The van der Waals surface area contributed by atoms with Gasteiger partial charge in [0.05, 0.1) is 0 Å². The second-order valence-electron chi connectivity index (χ2n) is 6.29. The maximum absolute atomic E-state index is 12.4. The van der Waals surface area contributed by atoms with E-state index in [4.69, 9.17) is 0 Å². The molecular weight excluding hydrogens is 232 g/mol. The molecule has 0 saturated heterocycles. The summed E-state index contributed by atoms with van der Waals surface area (Å²) in [6, 6.07) is 6.72. The van der Waals surface area contributed by atoms with Crippen LogP contribution in [0.1, 0.15) is 61.6 Å². The zero-order valence-electron chi connectivity index (χ0n) is 11.8. The molecule has 1 aromatic rings. The molecule has 0 bridgehead atoms. The number of fused-ring (bicyclic) bond motifs is 1. The number of rotatable bonds is 3. The van der Waals surface area contributed by atoms with Crippen LogP contribution in [0.15, 0.2) is 18.2 Å². The Morgan fingerprint density at radius 2 is 1.68 bits per heavy atom. The third-order valence-electron chi connectivity index (χ3n) is 4.85. The molecule has 102 valence electrons. The summed E-state index contributed by atoms with van der Waals surface area (Å²) in [4.78, 5) is 12.4. The normalized spacial score (nSPS) is 20.0. The van der Waals surface area contributed by atoms with Gasteiger partial charge in [0.2, 0.25) is 0 Å². The summed E-state index contributed by atoms with van der Waals surface area (Å²) < 4.78 is 0. The van der Waals surface area contributed by atoms with Crippen molar-refractivity contribution in [1.82, 2.24) is 0 Å². The Morgan fingerprint density at radius 1 is 0.947 bits per heavy atom. The van der Waals surface area contributed by atoms with E-state index < -0.39 is 0 Å². The monoisotopic (exact) mass is 256 g/mol. The van der Waals surface area contributed by atoms with Gasteiger partial charge in [-0.05, 0) is 48.8 Å². The maximum Gasteiger partial charge on any atom is 0.140 e. The number of carbonyl (C=O) groups excluding carboxylic acids is 1. The minimum Gasteiger partial charge on any atom is -0.299 e. The Kier molecular flexibility index (Phi) is 4.00. The molecule has 1 fully saturated rings. The number of benzene rings is 1. The van der Waals surface area contributed by atoms with Crippen molar-refractivity contribution >= 4 is 5.78 Å². The molecule has 0 heterocycles. The van der Waals surface area contributed by atoms with Crippen LogP contribution >= 0.6 is 0 Å². The van der Waals surface area contributed by atoms with Crippen molar-refractivity contribution in [2.24, 2.45) is 5.92 Å². The SMILES string of the molecule is O=C(Cc1ccc2c(c1)CCC2)C1CCCCCC1. The second kappa shape index (κ2) is 5.90. The van der Waals surface area contributed by atoms with Crippen molar-refractivity contribution in [3.63, 3.8) is 0 Å². The highest BCUT2D eigenvalue weighted by Crippen LogP contribution is 2.26. The standard InChI is InChI=1S/C18H24O/c19-18(16-6-3-1-2-4-7-16)13-14-10-11-15-8-5-9-17(15)12-14/h10-12,16H,1-9,13H2. The zero-order valence-corrected chi connectivity index (χ0v) is 11.8. The molecule has 1 nitrogen and oxygen atoms in total. The molecule has 0 atom stereocenters. The lowest BCUT2D eigenvalue weighted by Crippen LogP contribution is -2.16. The summed E-state index contributed by atoms with van der Waals surface area (Å²) in [7, 11) is 0. The van der Waals surface area contributed by atoms with E-state index in [1.165, 1.54) is 61.6 Å². The van der Waals surface area contributed by atoms with Gasteiger partial charge in [-0.1, -0.05) is 43.9 Å². The van der Waals surface area contributed by atoms with Gasteiger partial charge < -0.3 is 0 Å². The van der Waals surface area contributed by atoms with E-state index in [2.05, 4.69) is 18.2 Å². The number of Topliss-reactive ketones (excluding diaryl/α,β-unsaturated/α-hetero) is 1. The van der Waals surface area contributed by atoms with Crippen LogP contribution < -0.4 is 0 Å². The first kappa shape index (κ1) is 12.9. The molecule has 0 N–H and O–H groups in total. The number of ketones is 1. The van der Waals surface area contributed by atoms with Gasteiger partial charge >= 0.3 is 0 Å². The van der Waals surface area contributed by atoms with Gasteiger partial charge in [-0.25, -0.2) is 0 Å². The summed E-state index contributed by atoms with van der Waals surface area (Å²) in [6.07, 6.45) is 11.8. The summed E-state index contributed by atoms with van der Waals surface area (Å²) >= 11 is 0.